The molecule has 560 valence electrons. The second-order valence-electron chi connectivity index (χ2n) is 22.9. The predicted octanol–water partition coefficient (Wildman–Crippen LogP) is 6.90. The van der Waals surface area contributed by atoms with Crippen molar-refractivity contribution < 1.29 is 87.1 Å². The summed E-state index contributed by atoms with van der Waals surface area (Å²) in [4.78, 5) is 129. The minimum atomic E-state index is -1.48. The minimum absolute atomic E-state index is 0.0154. The number of hydroxylamine groups is 4. The summed E-state index contributed by atoms with van der Waals surface area (Å²) < 4.78 is 20.8. The molecule has 11 rings (SSSR count). The minimum Gasteiger partial charge on any atom is -0.497 e. The van der Waals surface area contributed by atoms with E-state index in [1.165, 1.54) is 4.90 Å². The summed E-state index contributed by atoms with van der Waals surface area (Å²) >= 11 is 0. The van der Waals surface area contributed by atoms with Gasteiger partial charge in [-0.2, -0.15) is 20.1 Å². The fourth-order valence-electron chi connectivity index (χ4n) is 9.86. The van der Waals surface area contributed by atoms with Gasteiger partial charge in [0, 0.05) is 179 Å². The lowest BCUT2D eigenvalue weighted by Crippen LogP contribution is -2.37. The number of hydrogen-bond donors (Lipinski definition) is 8. The fourth-order valence-corrected chi connectivity index (χ4v) is 9.86. The molecular weight excluding hydrogens is 1360 g/mol. The number of benzene rings is 3. The number of aliphatic hydroxyl groups is 2. The number of rotatable bonds is 27. The number of aromatic amines is 3. The number of amides is 7. The molecule has 2 fully saturated rings. The molecule has 0 atom stereocenters. The molecule has 2 aliphatic heterocycles. The predicted molar refractivity (Wildman–Crippen MR) is 384 cm³/mol. The number of aryl methyl sites for hydroxylation is 3. The number of hydrogen-bond acceptors (Lipinski definition) is 25. The van der Waals surface area contributed by atoms with Gasteiger partial charge in [0.15, 0.2) is 16.9 Å². The van der Waals surface area contributed by atoms with Crippen LogP contribution in [0.4, 0.5) is 26.7 Å². The number of ether oxygens (including phenoxy) is 4. The lowest BCUT2D eigenvalue weighted by Gasteiger charge is -2.23. The van der Waals surface area contributed by atoms with Crippen LogP contribution >= 0.6 is 0 Å². The van der Waals surface area contributed by atoms with Crippen molar-refractivity contribution in [2.75, 3.05) is 104 Å². The van der Waals surface area contributed by atoms with E-state index in [2.05, 4.69) is 65.9 Å². The maximum Gasteiger partial charge on any atom is 0.560 e. The van der Waals surface area contributed by atoms with Crippen molar-refractivity contribution in [2.45, 2.75) is 83.5 Å². The van der Waals surface area contributed by atoms with Gasteiger partial charge in [0.1, 0.15) is 17.2 Å². The van der Waals surface area contributed by atoms with Crippen LogP contribution in [0.1, 0.15) is 81.3 Å². The number of carboxylic acids is 1. The molecule has 0 aliphatic carbocycles. The van der Waals surface area contributed by atoms with E-state index in [1.807, 2.05) is 123 Å². The van der Waals surface area contributed by atoms with Gasteiger partial charge < -0.3 is 59.6 Å². The van der Waals surface area contributed by atoms with Gasteiger partial charge in [-0.15, -0.1) is 0 Å². The number of nitrogens with zero attached hydrogens (tertiary/aromatic N) is 11. The van der Waals surface area contributed by atoms with Gasteiger partial charge in [-0.05, 0) is 119 Å². The molecule has 0 bridgehead atoms. The van der Waals surface area contributed by atoms with Crippen molar-refractivity contribution in [2.24, 2.45) is 0 Å². The van der Waals surface area contributed by atoms with Crippen LogP contribution in [0.15, 0.2) is 128 Å². The topological polar surface area (TPSA) is 435 Å². The SMILES string of the molecule is CNC.COc1cccc(N(CCCO)C(=O)CCc2[nH]nc3ncccc23)c1.COc1cccc(N(CCCOC(=O)N(C)C)C(=O)CCc2[nH]nc3ncccc23)c1.COc1cccc(NCCCO)c1.O=C(O)CCc1[nH]nc2ncccc12.O=C(ON1C(=O)CCC1=O)ON1C(=O)CCC1=O. The normalized spacial score (nSPS) is 12.0. The Morgan fingerprint density at radius 3 is 1.30 bits per heavy atom. The third-order valence-electron chi connectivity index (χ3n) is 15.1. The number of fused-ring (bicyclic) bond motifs is 3. The first kappa shape index (κ1) is 81.8. The molecule has 8 heterocycles. The Hall–Kier alpha value is -12.2. The second-order valence-corrected chi connectivity index (χ2v) is 22.9. The number of imide groups is 2. The number of anilines is 3. The summed E-state index contributed by atoms with van der Waals surface area (Å²) in [6.07, 6.45) is 6.92. The Balaban J connectivity index is 0.000000211. The summed E-state index contributed by atoms with van der Waals surface area (Å²) in [5, 5.41) is 56.5. The van der Waals surface area contributed by atoms with Crippen molar-refractivity contribution in [1.82, 2.24) is 65.9 Å². The molecule has 7 amide bonds. The zero-order valence-corrected chi connectivity index (χ0v) is 59.4. The zero-order chi connectivity index (χ0) is 76.0. The van der Waals surface area contributed by atoms with Gasteiger partial charge in [0.25, 0.3) is 23.6 Å². The number of aliphatic carboxylic acids is 1. The number of carboxylic acid groups (broad SMARTS) is 1. The third kappa shape index (κ3) is 26.0. The number of aliphatic hydroxyl groups excluding tert-OH is 2. The third-order valence-corrected chi connectivity index (χ3v) is 15.1. The molecule has 0 unspecified atom stereocenters. The van der Waals surface area contributed by atoms with E-state index in [-0.39, 0.29) is 73.9 Å². The van der Waals surface area contributed by atoms with Crippen molar-refractivity contribution in [3.05, 3.63) is 145 Å². The molecule has 6 aromatic heterocycles. The van der Waals surface area contributed by atoms with Crippen molar-refractivity contribution in [1.29, 1.82) is 0 Å². The first-order chi connectivity index (χ1) is 50.7. The molecule has 9 aromatic rings. The van der Waals surface area contributed by atoms with E-state index < -0.39 is 41.8 Å². The first-order valence-corrected chi connectivity index (χ1v) is 33.3. The highest BCUT2D eigenvalue weighted by Gasteiger charge is 2.38. The van der Waals surface area contributed by atoms with E-state index in [0.29, 0.717) is 86.5 Å². The second kappa shape index (κ2) is 43.6. The summed E-state index contributed by atoms with van der Waals surface area (Å²) in [6.45, 7) is 2.12. The van der Waals surface area contributed by atoms with Crippen LogP contribution < -0.4 is 34.6 Å². The Morgan fingerprint density at radius 1 is 0.524 bits per heavy atom. The van der Waals surface area contributed by atoms with Crippen LogP contribution in [0.2, 0.25) is 0 Å². The molecule has 8 N–H and O–H groups in total. The largest absolute Gasteiger partial charge is 0.560 e. The van der Waals surface area contributed by atoms with E-state index in [4.69, 9.17) is 34.3 Å². The molecule has 105 heavy (non-hydrogen) atoms. The number of carbonyl (C=O) groups excluding carboxylic acids is 8. The van der Waals surface area contributed by atoms with Gasteiger partial charge >= 0.3 is 18.2 Å². The highest BCUT2D eigenvalue weighted by Crippen LogP contribution is 2.26. The molecule has 2 aliphatic rings. The van der Waals surface area contributed by atoms with Crippen LogP contribution in [0, 0.1) is 0 Å². The van der Waals surface area contributed by atoms with Gasteiger partial charge in [0.05, 0.1) is 34.4 Å². The Labute approximate surface area is 604 Å². The van der Waals surface area contributed by atoms with Crippen molar-refractivity contribution in [3.63, 3.8) is 0 Å². The summed E-state index contributed by atoms with van der Waals surface area (Å²) in [5.74, 6) is -1.41. The number of aromatic nitrogens is 9. The Kier molecular flexibility index (Phi) is 34.0. The van der Waals surface area contributed by atoms with E-state index >= 15 is 0 Å². The van der Waals surface area contributed by atoms with Gasteiger partial charge in [0.2, 0.25) is 11.8 Å². The van der Waals surface area contributed by atoms with Gasteiger partial charge in [-0.1, -0.05) is 28.3 Å². The average Bonchev–Trinajstić information content (AvgIpc) is 1.75. The van der Waals surface area contributed by atoms with Crippen molar-refractivity contribution in [3.8, 4) is 17.2 Å². The number of nitrogens with one attached hydrogen (secondary N) is 5. The molecule has 0 saturated carbocycles. The molecule has 0 spiro atoms. The lowest BCUT2D eigenvalue weighted by molar-refractivity contribution is -0.198. The highest BCUT2D eigenvalue weighted by atomic mass is 16.9. The van der Waals surface area contributed by atoms with E-state index in [9.17, 15) is 43.2 Å². The maximum atomic E-state index is 13.1. The molecule has 2 saturated heterocycles. The van der Waals surface area contributed by atoms with Crippen LogP contribution in [-0.2, 0) is 67.2 Å². The standard InChI is InChI=1S/C22H27N5O4.C19H22N4O3.C10H15NO2.C9H9N3O2.C9H8N2O7.C2H7N/c1-26(2)22(29)31-14-6-13-27(16-7-4-8-17(15-16)30-3)20(28)11-10-19-18-9-5-12-23-21(18)25-24-19;1-26-15-6-2-5-14(13-15)23(11-4-12-24)18(25)9-8-17-16-7-3-10-20-19(16)22-21-17;1-13-10-5-2-4-9(8-10)11-6-3-7-12;13-8(14)4-3-7-6-2-1-5-10-9(6)12-11-7;12-5-1-2-6(13)10(5)17-9(16)18-11-7(14)3-4-8(11)15;1-3-2/h4-5,7-9,12,15H,6,10-11,13-14H2,1-3H3,(H,23,24,25);2-3,5-7,10,13,24H,4,8-9,11-12H2,1H3,(H,20,21,22);2,4-5,8,11-12H,3,6-7H2,1H3;1-2,5H,3-4H2,(H,13,14)(H,10,11,12);1-4H2;3H,1-2H3. The molecule has 34 nitrogen and oxygen atoms in total. The van der Waals surface area contributed by atoms with Gasteiger partial charge in [-0.25, -0.2) is 19.7 Å². The quantitative estimate of drug-likeness (QED) is 0.0191. The van der Waals surface area contributed by atoms with E-state index in [1.54, 1.807) is 63.8 Å². The Morgan fingerprint density at radius 2 is 0.914 bits per heavy atom. The van der Waals surface area contributed by atoms with Gasteiger partial charge in [-0.3, -0.25) is 58.5 Å². The molecule has 34 heteroatoms. The lowest BCUT2D eigenvalue weighted by atomic mass is 10.1. The fraction of sp³-hybridized carbons (Fsp3) is 0.366. The van der Waals surface area contributed by atoms with Crippen LogP contribution in [-0.4, -0.2) is 219 Å². The monoisotopic (exact) mass is 1450 g/mol. The summed E-state index contributed by atoms with van der Waals surface area (Å²) in [6, 6.07) is 33.7. The highest BCUT2D eigenvalue weighted by molar-refractivity contribution is 6.03. The number of methoxy groups -OCH3 is 3. The molecular formula is C71H88N16O18. The Bertz CT molecular complexity index is 4230. The summed E-state index contributed by atoms with van der Waals surface area (Å²) in [7, 11) is 11.8. The molecule has 3 aromatic carbocycles. The average molecular weight is 1450 g/mol. The van der Waals surface area contributed by atoms with Crippen LogP contribution in [0.25, 0.3) is 33.1 Å². The van der Waals surface area contributed by atoms with Crippen LogP contribution in [0.3, 0.4) is 0 Å². The smallest absolute Gasteiger partial charge is 0.497 e. The zero-order valence-electron chi connectivity index (χ0n) is 59.4. The number of carbonyl (C=O) groups is 9. The first-order valence-electron chi connectivity index (χ1n) is 33.3. The van der Waals surface area contributed by atoms with Crippen LogP contribution in [0.5, 0.6) is 17.2 Å². The maximum absolute atomic E-state index is 13.1. The number of H-pyrrole nitrogens is 3. The molecule has 0 radical (unpaired) electrons. The van der Waals surface area contributed by atoms with Crippen molar-refractivity contribution >= 4 is 104 Å². The number of pyridine rings is 3. The van der Waals surface area contributed by atoms with E-state index in [0.717, 1.165) is 69.0 Å². The summed E-state index contributed by atoms with van der Waals surface area (Å²) in [5.41, 5.74) is 7.04.